The fourth-order valence-corrected chi connectivity index (χ4v) is 3.00. The third-order valence-electron chi connectivity index (χ3n) is 2.97. The quantitative estimate of drug-likeness (QED) is 0.859. The standard InChI is InChI=1S/C12H14ClFN4O2S/c1-18-9(2-3-16-18)7-17-21(19,20)10-4-8(6-15)12(13)11(14)5-10/h2-5,17H,6-7,15H2,1H3. The summed E-state index contributed by atoms with van der Waals surface area (Å²) in [5, 5.41) is 3.77. The number of rotatable bonds is 5. The first-order chi connectivity index (χ1) is 9.85. The highest BCUT2D eigenvalue weighted by Gasteiger charge is 2.18. The van der Waals surface area contributed by atoms with E-state index >= 15 is 0 Å². The predicted octanol–water partition coefficient (Wildman–Crippen LogP) is 1.15. The number of benzene rings is 1. The second kappa shape index (κ2) is 6.10. The summed E-state index contributed by atoms with van der Waals surface area (Å²) < 4.78 is 41.9. The Hall–Kier alpha value is -1.48. The summed E-state index contributed by atoms with van der Waals surface area (Å²) in [5.41, 5.74) is 6.33. The van der Waals surface area contributed by atoms with Gasteiger partial charge in [0.25, 0.3) is 0 Å². The Balaban J connectivity index is 2.27. The SMILES string of the molecule is Cn1nccc1CNS(=O)(=O)c1cc(F)c(Cl)c(CN)c1. The van der Waals surface area contributed by atoms with Crippen LogP contribution in [0.2, 0.25) is 5.02 Å². The molecule has 2 rings (SSSR count). The van der Waals surface area contributed by atoms with Gasteiger partial charge in [-0.25, -0.2) is 17.5 Å². The summed E-state index contributed by atoms with van der Waals surface area (Å²) in [7, 11) is -2.18. The van der Waals surface area contributed by atoms with Crippen molar-refractivity contribution >= 4 is 21.6 Å². The summed E-state index contributed by atoms with van der Waals surface area (Å²) in [4.78, 5) is -0.216. The first-order valence-electron chi connectivity index (χ1n) is 5.99. The first kappa shape index (κ1) is 15.9. The van der Waals surface area contributed by atoms with Gasteiger partial charge in [0.2, 0.25) is 10.0 Å². The molecule has 0 spiro atoms. The van der Waals surface area contributed by atoms with Gasteiger partial charge in [0.05, 0.1) is 22.2 Å². The van der Waals surface area contributed by atoms with E-state index in [0.717, 1.165) is 6.07 Å². The van der Waals surface area contributed by atoms with Crippen molar-refractivity contribution in [3.8, 4) is 0 Å². The lowest BCUT2D eigenvalue weighted by Gasteiger charge is -2.10. The Morgan fingerprint density at radius 1 is 1.48 bits per heavy atom. The molecule has 21 heavy (non-hydrogen) atoms. The van der Waals surface area contributed by atoms with E-state index in [1.54, 1.807) is 19.3 Å². The third kappa shape index (κ3) is 3.41. The highest BCUT2D eigenvalue weighted by Crippen LogP contribution is 2.24. The van der Waals surface area contributed by atoms with Crippen molar-refractivity contribution in [3.63, 3.8) is 0 Å². The van der Waals surface area contributed by atoms with Crippen LogP contribution in [0, 0.1) is 5.82 Å². The van der Waals surface area contributed by atoms with E-state index in [1.165, 1.54) is 10.7 Å². The minimum absolute atomic E-state index is 0.0427. The van der Waals surface area contributed by atoms with Gasteiger partial charge in [-0.05, 0) is 23.8 Å². The van der Waals surface area contributed by atoms with E-state index in [9.17, 15) is 12.8 Å². The summed E-state index contributed by atoms with van der Waals surface area (Å²) in [6.07, 6.45) is 1.55. The lowest BCUT2D eigenvalue weighted by molar-refractivity contribution is 0.573. The molecule has 6 nitrogen and oxygen atoms in total. The van der Waals surface area contributed by atoms with Gasteiger partial charge in [0, 0.05) is 19.8 Å². The van der Waals surface area contributed by atoms with Crippen LogP contribution in [-0.2, 0) is 30.2 Å². The Morgan fingerprint density at radius 2 is 2.19 bits per heavy atom. The second-order valence-electron chi connectivity index (χ2n) is 4.35. The van der Waals surface area contributed by atoms with E-state index in [2.05, 4.69) is 9.82 Å². The Labute approximate surface area is 126 Å². The van der Waals surface area contributed by atoms with Gasteiger partial charge in [-0.3, -0.25) is 4.68 Å². The van der Waals surface area contributed by atoms with Gasteiger partial charge in [-0.1, -0.05) is 11.6 Å². The van der Waals surface area contributed by atoms with E-state index < -0.39 is 15.8 Å². The van der Waals surface area contributed by atoms with Gasteiger partial charge in [0.1, 0.15) is 5.82 Å². The fourth-order valence-electron chi connectivity index (χ4n) is 1.75. The van der Waals surface area contributed by atoms with Crippen LogP contribution in [0.1, 0.15) is 11.3 Å². The zero-order valence-corrected chi connectivity index (χ0v) is 12.7. The minimum atomic E-state index is -3.87. The van der Waals surface area contributed by atoms with Gasteiger partial charge in [-0.15, -0.1) is 0 Å². The van der Waals surface area contributed by atoms with E-state index in [-0.39, 0.29) is 28.6 Å². The van der Waals surface area contributed by atoms with Gasteiger partial charge in [-0.2, -0.15) is 5.10 Å². The molecule has 0 saturated carbocycles. The normalized spacial score (nSPS) is 11.8. The number of halogens is 2. The van der Waals surface area contributed by atoms with Crippen LogP contribution in [0.3, 0.4) is 0 Å². The average Bonchev–Trinajstić information content (AvgIpc) is 2.85. The van der Waals surface area contributed by atoms with Crippen LogP contribution in [0.15, 0.2) is 29.3 Å². The van der Waals surface area contributed by atoms with E-state index in [4.69, 9.17) is 17.3 Å². The molecular formula is C12H14ClFN4O2S. The number of nitrogens with zero attached hydrogens (tertiary/aromatic N) is 2. The molecule has 0 aliphatic carbocycles. The van der Waals surface area contributed by atoms with Crippen molar-refractivity contribution in [2.24, 2.45) is 12.8 Å². The maximum absolute atomic E-state index is 13.6. The molecule has 0 fully saturated rings. The predicted molar refractivity (Wildman–Crippen MR) is 76.5 cm³/mol. The molecule has 2 aromatic rings. The lowest BCUT2D eigenvalue weighted by Crippen LogP contribution is -2.25. The van der Waals surface area contributed by atoms with Crippen molar-refractivity contribution in [2.75, 3.05) is 0 Å². The fraction of sp³-hybridized carbons (Fsp3) is 0.250. The lowest BCUT2D eigenvalue weighted by atomic mass is 10.2. The van der Waals surface area contributed by atoms with E-state index in [0.29, 0.717) is 5.69 Å². The van der Waals surface area contributed by atoms with Gasteiger partial charge < -0.3 is 5.73 Å². The van der Waals surface area contributed by atoms with Crippen LogP contribution in [0.4, 0.5) is 4.39 Å². The molecule has 0 saturated heterocycles. The topological polar surface area (TPSA) is 90.0 Å². The van der Waals surface area contributed by atoms with Gasteiger partial charge in [0.15, 0.2) is 0 Å². The molecule has 0 unspecified atom stereocenters. The monoisotopic (exact) mass is 332 g/mol. The molecule has 0 bridgehead atoms. The van der Waals surface area contributed by atoms with Crippen molar-refractivity contribution in [1.29, 1.82) is 0 Å². The summed E-state index contributed by atoms with van der Waals surface area (Å²) in [6, 6.07) is 3.81. The summed E-state index contributed by atoms with van der Waals surface area (Å²) >= 11 is 5.71. The van der Waals surface area contributed by atoms with Crippen LogP contribution < -0.4 is 10.5 Å². The molecule has 1 heterocycles. The average molecular weight is 333 g/mol. The molecule has 0 radical (unpaired) electrons. The largest absolute Gasteiger partial charge is 0.326 e. The Morgan fingerprint density at radius 3 is 2.76 bits per heavy atom. The molecule has 0 atom stereocenters. The maximum atomic E-state index is 13.6. The smallest absolute Gasteiger partial charge is 0.241 e. The zero-order chi connectivity index (χ0) is 15.6. The van der Waals surface area contributed by atoms with Crippen molar-refractivity contribution in [3.05, 3.63) is 46.5 Å². The summed E-state index contributed by atoms with van der Waals surface area (Å²) in [5.74, 6) is -0.819. The number of hydrogen-bond acceptors (Lipinski definition) is 4. The zero-order valence-electron chi connectivity index (χ0n) is 11.2. The van der Waals surface area contributed by atoms with Gasteiger partial charge >= 0.3 is 0 Å². The molecule has 0 aliphatic rings. The molecule has 114 valence electrons. The molecule has 1 aromatic carbocycles. The third-order valence-corrected chi connectivity index (χ3v) is 4.78. The summed E-state index contributed by atoms with van der Waals surface area (Å²) in [6.45, 7) is -0.0120. The molecular weight excluding hydrogens is 319 g/mol. The van der Waals surface area contributed by atoms with Crippen molar-refractivity contribution < 1.29 is 12.8 Å². The maximum Gasteiger partial charge on any atom is 0.241 e. The molecule has 9 heteroatoms. The highest BCUT2D eigenvalue weighted by molar-refractivity contribution is 7.89. The molecule has 0 amide bonds. The van der Waals surface area contributed by atoms with Crippen LogP contribution in [-0.4, -0.2) is 18.2 Å². The minimum Gasteiger partial charge on any atom is -0.326 e. The Kier molecular flexibility index (Phi) is 4.62. The van der Waals surface area contributed by atoms with Crippen LogP contribution >= 0.6 is 11.6 Å². The number of nitrogens with one attached hydrogen (secondary N) is 1. The van der Waals surface area contributed by atoms with Crippen molar-refractivity contribution in [1.82, 2.24) is 14.5 Å². The second-order valence-corrected chi connectivity index (χ2v) is 6.50. The highest BCUT2D eigenvalue weighted by atomic mass is 35.5. The van der Waals surface area contributed by atoms with Crippen molar-refractivity contribution in [2.45, 2.75) is 18.0 Å². The van der Waals surface area contributed by atoms with Crippen LogP contribution in [0.25, 0.3) is 0 Å². The number of aryl methyl sites for hydroxylation is 1. The van der Waals surface area contributed by atoms with Crippen LogP contribution in [0.5, 0.6) is 0 Å². The molecule has 3 N–H and O–H groups in total. The Bertz CT molecular complexity index is 761. The van der Waals surface area contributed by atoms with E-state index in [1.807, 2.05) is 0 Å². The first-order valence-corrected chi connectivity index (χ1v) is 7.86. The number of sulfonamides is 1. The number of hydrogen-bond donors (Lipinski definition) is 2. The number of nitrogens with two attached hydrogens (primary N) is 1. The molecule has 1 aromatic heterocycles. The molecule has 0 aliphatic heterocycles. The number of aromatic nitrogens is 2.